The summed E-state index contributed by atoms with van der Waals surface area (Å²) in [5.41, 5.74) is 11.2. The van der Waals surface area contributed by atoms with Crippen molar-refractivity contribution >= 4 is 40.0 Å². The summed E-state index contributed by atoms with van der Waals surface area (Å²) in [6.45, 7) is 2.29. The molecule has 9 heteroatoms. The van der Waals surface area contributed by atoms with Gasteiger partial charge in [-0.3, -0.25) is 14.7 Å². The van der Waals surface area contributed by atoms with Gasteiger partial charge in [0.1, 0.15) is 11.2 Å². The van der Waals surface area contributed by atoms with Crippen molar-refractivity contribution in [1.29, 1.82) is 0 Å². The van der Waals surface area contributed by atoms with Gasteiger partial charge in [-0.25, -0.2) is 0 Å². The summed E-state index contributed by atoms with van der Waals surface area (Å²) >= 11 is 6.84. The topological polar surface area (TPSA) is 118 Å². The maximum absolute atomic E-state index is 13.0. The van der Waals surface area contributed by atoms with Gasteiger partial charge in [0.05, 0.1) is 16.2 Å². The summed E-state index contributed by atoms with van der Waals surface area (Å²) in [6, 6.07) is 24.6. The Kier molecular flexibility index (Phi) is 6.12. The Bertz CT molecular complexity index is 1720. The fourth-order valence-electron chi connectivity index (χ4n) is 4.85. The van der Waals surface area contributed by atoms with Gasteiger partial charge in [0.25, 0.3) is 5.91 Å². The summed E-state index contributed by atoms with van der Waals surface area (Å²) in [7, 11) is 0. The van der Waals surface area contributed by atoms with Crippen molar-refractivity contribution in [3.05, 3.63) is 101 Å². The molecule has 1 aliphatic rings. The Labute approximate surface area is 230 Å². The number of aromatic nitrogens is 3. The van der Waals surface area contributed by atoms with Gasteiger partial charge in [0.2, 0.25) is 5.91 Å². The molecule has 0 atom stereocenters. The number of nitrogens with two attached hydrogens (primary N) is 1. The van der Waals surface area contributed by atoms with Crippen LogP contribution in [0.2, 0.25) is 5.02 Å². The fourth-order valence-corrected chi connectivity index (χ4v) is 5.19. The SMILES string of the molecule is Cc1cc(-c2c(Cl)c3ccccc3n2-c2ccc(CNC(=O)C3(NC(=O)c4cccc(N)c4)CC3)cc2)n[nH]1. The predicted octanol–water partition coefficient (Wildman–Crippen LogP) is 5.14. The Morgan fingerprint density at radius 2 is 1.82 bits per heavy atom. The highest BCUT2D eigenvalue weighted by Crippen LogP contribution is 2.39. The molecule has 2 heterocycles. The third kappa shape index (κ3) is 4.64. The molecule has 3 aromatic carbocycles. The van der Waals surface area contributed by atoms with Gasteiger partial charge in [0.15, 0.2) is 0 Å². The van der Waals surface area contributed by atoms with Crippen LogP contribution in [0.1, 0.15) is 34.5 Å². The van der Waals surface area contributed by atoms with Crippen LogP contribution in [-0.4, -0.2) is 32.1 Å². The van der Waals surface area contributed by atoms with Crippen molar-refractivity contribution in [3.63, 3.8) is 0 Å². The number of para-hydroxylation sites is 1. The lowest BCUT2D eigenvalue weighted by atomic mass is 10.1. The van der Waals surface area contributed by atoms with Crippen molar-refractivity contribution in [2.75, 3.05) is 5.73 Å². The molecule has 1 saturated carbocycles. The first-order valence-corrected chi connectivity index (χ1v) is 13.1. The summed E-state index contributed by atoms with van der Waals surface area (Å²) in [4.78, 5) is 25.7. The van der Waals surface area contributed by atoms with Gasteiger partial charge in [-0.05, 0) is 67.8 Å². The first-order valence-electron chi connectivity index (χ1n) is 12.7. The van der Waals surface area contributed by atoms with Crippen LogP contribution in [-0.2, 0) is 11.3 Å². The second-order valence-electron chi connectivity index (χ2n) is 9.96. The number of anilines is 1. The van der Waals surface area contributed by atoms with Gasteiger partial charge in [0, 0.05) is 34.6 Å². The molecule has 196 valence electrons. The number of nitrogens with zero attached hydrogens (tertiary/aromatic N) is 2. The number of nitrogen functional groups attached to an aromatic ring is 1. The van der Waals surface area contributed by atoms with Crippen LogP contribution in [0.25, 0.3) is 28.0 Å². The van der Waals surface area contributed by atoms with Crippen molar-refractivity contribution < 1.29 is 9.59 Å². The summed E-state index contributed by atoms with van der Waals surface area (Å²) in [5.74, 6) is -0.497. The van der Waals surface area contributed by atoms with E-state index in [9.17, 15) is 9.59 Å². The molecule has 6 rings (SSSR count). The summed E-state index contributed by atoms with van der Waals surface area (Å²) in [5, 5.41) is 14.9. The van der Waals surface area contributed by atoms with Crippen LogP contribution in [0.15, 0.2) is 78.9 Å². The monoisotopic (exact) mass is 538 g/mol. The Hall–Kier alpha value is -4.56. The van der Waals surface area contributed by atoms with Gasteiger partial charge in [-0.1, -0.05) is 48.0 Å². The predicted molar refractivity (Wildman–Crippen MR) is 153 cm³/mol. The van der Waals surface area contributed by atoms with E-state index in [0.29, 0.717) is 35.7 Å². The van der Waals surface area contributed by atoms with E-state index in [4.69, 9.17) is 17.3 Å². The maximum atomic E-state index is 13.0. The van der Waals surface area contributed by atoms with E-state index in [1.165, 1.54) is 0 Å². The molecule has 39 heavy (non-hydrogen) atoms. The minimum Gasteiger partial charge on any atom is -0.399 e. The first-order chi connectivity index (χ1) is 18.8. The molecule has 1 fully saturated rings. The van der Waals surface area contributed by atoms with Crippen LogP contribution < -0.4 is 16.4 Å². The van der Waals surface area contributed by atoms with Crippen LogP contribution in [0.4, 0.5) is 5.69 Å². The lowest BCUT2D eigenvalue weighted by molar-refractivity contribution is -0.124. The molecule has 2 aromatic heterocycles. The minimum absolute atomic E-state index is 0.191. The number of nitrogens with one attached hydrogen (secondary N) is 3. The second-order valence-corrected chi connectivity index (χ2v) is 10.3. The van der Waals surface area contributed by atoms with E-state index in [-0.39, 0.29) is 11.8 Å². The summed E-state index contributed by atoms with van der Waals surface area (Å²) < 4.78 is 2.10. The third-order valence-corrected chi connectivity index (χ3v) is 7.48. The van der Waals surface area contributed by atoms with E-state index >= 15 is 0 Å². The molecule has 0 saturated heterocycles. The number of fused-ring (bicyclic) bond motifs is 1. The average molecular weight is 539 g/mol. The number of aryl methyl sites for hydroxylation is 1. The second kappa shape index (κ2) is 9.63. The molecule has 5 N–H and O–H groups in total. The Balaban J connectivity index is 1.19. The highest BCUT2D eigenvalue weighted by molar-refractivity contribution is 6.38. The number of benzene rings is 3. The molecule has 0 radical (unpaired) electrons. The lowest BCUT2D eigenvalue weighted by Crippen LogP contribution is -2.48. The number of hydrogen-bond acceptors (Lipinski definition) is 4. The number of H-pyrrole nitrogens is 1. The molecular weight excluding hydrogens is 512 g/mol. The first kappa shape index (κ1) is 24.8. The molecular formula is C30H27ClN6O2. The van der Waals surface area contributed by atoms with Crippen molar-refractivity contribution in [3.8, 4) is 17.1 Å². The number of rotatable bonds is 7. The van der Waals surface area contributed by atoms with Gasteiger partial charge >= 0.3 is 0 Å². The molecule has 8 nitrogen and oxygen atoms in total. The van der Waals surface area contributed by atoms with Crippen LogP contribution in [0, 0.1) is 6.92 Å². The van der Waals surface area contributed by atoms with Crippen molar-refractivity contribution in [2.45, 2.75) is 31.8 Å². The van der Waals surface area contributed by atoms with Gasteiger partial charge < -0.3 is 20.9 Å². The zero-order valence-electron chi connectivity index (χ0n) is 21.3. The van der Waals surface area contributed by atoms with E-state index in [2.05, 4.69) is 25.4 Å². The smallest absolute Gasteiger partial charge is 0.252 e. The van der Waals surface area contributed by atoms with Gasteiger partial charge in [-0.15, -0.1) is 0 Å². The summed E-state index contributed by atoms with van der Waals surface area (Å²) in [6.07, 6.45) is 1.20. The number of aromatic amines is 1. The molecule has 1 aliphatic carbocycles. The lowest BCUT2D eigenvalue weighted by Gasteiger charge is -2.18. The van der Waals surface area contributed by atoms with Crippen LogP contribution >= 0.6 is 11.6 Å². The maximum Gasteiger partial charge on any atom is 0.252 e. The van der Waals surface area contributed by atoms with E-state index in [0.717, 1.165) is 39.2 Å². The fraction of sp³-hybridized carbons (Fsp3) is 0.167. The third-order valence-electron chi connectivity index (χ3n) is 7.10. The minimum atomic E-state index is -0.876. The van der Waals surface area contributed by atoms with Gasteiger partial charge in [-0.2, -0.15) is 5.10 Å². The van der Waals surface area contributed by atoms with E-state index in [1.807, 2.05) is 61.5 Å². The molecule has 5 aromatic rings. The molecule has 0 unspecified atom stereocenters. The zero-order valence-corrected chi connectivity index (χ0v) is 22.0. The quantitative estimate of drug-likeness (QED) is 0.214. The Morgan fingerprint density at radius 3 is 2.51 bits per heavy atom. The molecule has 0 aliphatic heterocycles. The van der Waals surface area contributed by atoms with Crippen LogP contribution in [0.3, 0.4) is 0 Å². The average Bonchev–Trinajstić information content (AvgIpc) is 3.51. The Morgan fingerprint density at radius 1 is 1.05 bits per heavy atom. The molecule has 2 amide bonds. The van der Waals surface area contributed by atoms with Crippen LogP contribution in [0.5, 0.6) is 0 Å². The number of hydrogen-bond donors (Lipinski definition) is 4. The normalized spacial score (nSPS) is 13.8. The van der Waals surface area contributed by atoms with E-state index < -0.39 is 5.54 Å². The zero-order chi connectivity index (χ0) is 27.1. The largest absolute Gasteiger partial charge is 0.399 e. The standard InChI is InChI=1S/C30H27ClN6O2/c1-18-15-24(36-35-18)27-26(31)23-7-2-3-8-25(23)37(27)22-11-9-19(10-12-22)17-33-29(39)30(13-14-30)34-28(38)20-5-4-6-21(32)16-20/h2-12,15-16H,13-14,17,32H2,1H3,(H,33,39)(H,34,38)(H,35,36). The number of carbonyl (C=O) groups is 2. The highest BCUT2D eigenvalue weighted by atomic mass is 35.5. The van der Waals surface area contributed by atoms with Crippen molar-refractivity contribution in [1.82, 2.24) is 25.4 Å². The van der Waals surface area contributed by atoms with E-state index in [1.54, 1.807) is 24.3 Å². The number of halogens is 1. The highest BCUT2D eigenvalue weighted by Gasteiger charge is 2.51. The molecule has 0 spiro atoms. The number of carbonyl (C=O) groups excluding carboxylic acids is 2. The number of amides is 2. The van der Waals surface area contributed by atoms with Crippen molar-refractivity contribution in [2.24, 2.45) is 0 Å². The molecule has 0 bridgehead atoms.